The second-order valence-corrected chi connectivity index (χ2v) is 4.45. The van der Waals surface area contributed by atoms with Crippen molar-refractivity contribution in [1.29, 1.82) is 0 Å². The number of oxazole rings is 1. The minimum atomic E-state index is -0.902. The third kappa shape index (κ3) is 4.12. The molecule has 0 fully saturated rings. The molecule has 0 saturated heterocycles. The first kappa shape index (κ1) is 14.1. The molecule has 0 amide bonds. The lowest BCUT2D eigenvalue weighted by Crippen LogP contribution is -2.02. The van der Waals surface area contributed by atoms with Crippen LogP contribution >= 0.6 is 0 Å². The van der Waals surface area contributed by atoms with Gasteiger partial charge in [-0.05, 0) is 25.5 Å². The number of nitrogens with zero attached hydrogens (tertiary/aromatic N) is 1. The van der Waals surface area contributed by atoms with Gasteiger partial charge in [0.15, 0.2) is 5.89 Å². The average molecular weight is 275 g/mol. The average Bonchev–Trinajstić information content (AvgIpc) is 2.76. The fraction of sp³-hybridized carbons (Fsp3) is 0.333. The van der Waals surface area contributed by atoms with Crippen molar-refractivity contribution in [3.63, 3.8) is 0 Å². The third-order valence-corrected chi connectivity index (χ3v) is 2.80. The monoisotopic (exact) mass is 275 g/mol. The molecule has 0 unspecified atom stereocenters. The molecular weight excluding hydrogens is 258 g/mol. The molecule has 1 heterocycles. The molecule has 1 N–H and O–H groups in total. The van der Waals surface area contributed by atoms with Gasteiger partial charge in [-0.1, -0.05) is 18.2 Å². The molecule has 106 valence electrons. The summed E-state index contributed by atoms with van der Waals surface area (Å²) in [4.78, 5) is 14.8. The van der Waals surface area contributed by atoms with Crippen molar-refractivity contribution in [2.75, 3.05) is 6.61 Å². The first-order valence-corrected chi connectivity index (χ1v) is 6.50. The van der Waals surface area contributed by atoms with Gasteiger partial charge in [-0.15, -0.1) is 0 Å². The molecule has 0 aliphatic rings. The molecule has 0 saturated carbocycles. The molecule has 0 spiro atoms. The summed E-state index contributed by atoms with van der Waals surface area (Å²) in [7, 11) is 0. The normalized spacial score (nSPS) is 10.4. The van der Waals surface area contributed by atoms with E-state index in [1.807, 2.05) is 30.3 Å². The number of para-hydroxylation sites is 1. The second kappa shape index (κ2) is 6.75. The first-order chi connectivity index (χ1) is 9.65. The zero-order chi connectivity index (χ0) is 14.4. The van der Waals surface area contributed by atoms with Crippen LogP contribution in [0, 0.1) is 6.92 Å². The van der Waals surface area contributed by atoms with Crippen molar-refractivity contribution in [3.8, 4) is 5.75 Å². The maximum Gasteiger partial charge on any atom is 0.309 e. The second-order valence-electron chi connectivity index (χ2n) is 4.45. The molecule has 0 aliphatic heterocycles. The van der Waals surface area contributed by atoms with E-state index >= 15 is 0 Å². The van der Waals surface area contributed by atoms with Crippen molar-refractivity contribution < 1.29 is 19.1 Å². The Kier molecular flexibility index (Phi) is 4.76. The Labute approximate surface area is 117 Å². The fourth-order valence-electron chi connectivity index (χ4n) is 1.83. The molecule has 1 aromatic carbocycles. The van der Waals surface area contributed by atoms with Crippen LogP contribution in [0.15, 0.2) is 34.7 Å². The molecule has 2 rings (SSSR count). The largest absolute Gasteiger partial charge is 0.494 e. The number of hydrogen-bond acceptors (Lipinski definition) is 4. The zero-order valence-electron chi connectivity index (χ0n) is 11.3. The van der Waals surface area contributed by atoms with Crippen LogP contribution in [0.25, 0.3) is 0 Å². The molecule has 5 heteroatoms. The molecule has 2 aromatic rings. The Bertz CT molecular complexity index is 563. The Morgan fingerprint density at radius 2 is 2.10 bits per heavy atom. The van der Waals surface area contributed by atoms with Crippen LogP contribution in [0.3, 0.4) is 0 Å². The number of benzene rings is 1. The SMILES string of the molecule is Cc1oc(CCCOc2ccccc2)nc1CC(=O)O. The van der Waals surface area contributed by atoms with Gasteiger partial charge >= 0.3 is 5.97 Å². The van der Waals surface area contributed by atoms with Crippen molar-refractivity contribution in [3.05, 3.63) is 47.7 Å². The molecule has 0 radical (unpaired) electrons. The van der Waals surface area contributed by atoms with Crippen LogP contribution in [0.5, 0.6) is 5.75 Å². The standard InChI is InChI=1S/C15H17NO4/c1-11-13(10-15(17)18)16-14(20-11)8-5-9-19-12-6-3-2-4-7-12/h2-4,6-7H,5,8-10H2,1H3,(H,17,18). The topological polar surface area (TPSA) is 72.6 Å². The Hall–Kier alpha value is -2.30. The number of aliphatic carboxylic acids is 1. The van der Waals surface area contributed by atoms with E-state index in [0.717, 1.165) is 12.2 Å². The summed E-state index contributed by atoms with van der Waals surface area (Å²) < 4.78 is 11.0. The van der Waals surface area contributed by atoms with E-state index in [1.54, 1.807) is 6.92 Å². The van der Waals surface area contributed by atoms with Crippen molar-refractivity contribution >= 4 is 5.97 Å². The number of carboxylic acid groups (broad SMARTS) is 1. The van der Waals surface area contributed by atoms with Crippen LogP contribution < -0.4 is 4.74 Å². The quantitative estimate of drug-likeness (QED) is 0.786. The Balaban J connectivity index is 1.78. The number of carbonyl (C=O) groups is 1. The summed E-state index contributed by atoms with van der Waals surface area (Å²) in [6.45, 7) is 2.30. The summed E-state index contributed by atoms with van der Waals surface area (Å²) in [6.07, 6.45) is 1.30. The van der Waals surface area contributed by atoms with Crippen LogP contribution in [0.1, 0.15) is 23.8 Å². The van der Waals surface area contributed by atoms with Crippen molar-refractivity contribution in [2.45, 2.75) is 26.2 Å². The number of hydrogen-bond donors (Lipinski definition) is 1. The lowest BCUT2D eigenvalue weighted by molar-refractivity contribution is -0.136. The predicted molar refractivity (Wildman–Crippen MR) is 72.8 cm³/mol. The lowest BCUT2D eigenvalue weighted by Gasteiger charge is -2.04. The number of carboxylic acids is 1. The van der Waals surface area contributed by atoms with Gasteiger partial charge < -0.3 is 14.3 Å². The van der Waals surface area contributed by atoms with E-state index in [2.05, 4.69) is 4.98 Å². The van der Waals surface area contributed by atoms with E-state index in [9.17, 15) is 4.79 Å². The summed E-state index contributed by atoms with van der Waals surface area (Å²) in [5.41, 5.74) is 0.497. The Morgan fingerprint density at radius 1 is 1.35 bits per heavy atom. The Morgan fingerprint density at radius 3 is 2.80 bits per heavy atom. The number of aromatic nitrogens is 1. The summed E-state index contributed by atoms with van der Waals surface area (Å²) in [6, 6.07) is 9.59. The maximum absolute atomic E-state index is 10.6. The molecule has 20 heavy (non-hydrogen) atoms. The van der Waals surface area contributed by atoms with Gasteiger partial charge in [0.05, 0.1) is 18.7 Å². The number of aryl methyl sites for hydroxylation is 2. The number of rotatable bonds is 7. The summed E-state index contributed by atoms with van der Waals surface area (Å²) >= 11 is 0. The maximum atomic E-state index is 10.6. The third-order valence-electron chi connectivity index (χ3n) is 2.80. The van der Waals surface area contributed by atoms with Crippen LogP contribution in [-0.2, 0) is 17.6 Å². The first-order valence-electron chi connectivity index (χ1n) is 6.50. The fourth-order valence-corrected chi connectivity index (χ4v) is 1.83. The zero-order valence-corrected chi connectivity index (χ0v) is 11.3. The molecule has 1 aromatic heterocycles. The van der Waals surface area contributed by atoms with Crippen molar-refractivity contribution in [1.82, 2.24) is 4.98 Å². The molecule has 5 nitrogen and oxygen atoms in total. The smallest absolute Gasteiger partial charge is 0.309 e. The van der Waals surface area contributed by atoms with Gasteiger partial charge in [0.1, 0.15) is 11.5 Å². The molecular formula is C15H17NO4. The van der Waals surface area contributed by atoms with Crippen molar-refractivity contribution in [2.24, 2.45) is 0 Å². The highest BCUT2D eigenvalue weighted by Crippen LogP contribution is 2.13. The highest BCUT2D eigenvalue weighted by molar-refractivity contribution is 5.69. The van der Waals surface area contributed by atoms with Gasteiger partial charge in [0.2, 0.25) is 0 Å². The minimum Gasteiger partial charge on any atom is -0.494 e. The van der Waals surface area contributed by atoms with Gasteiger partial charge in [-0.2, -0.15) is 0 Å². The van der Waals surface area contributed by atoms with E-state index in [1.165, 1.54) is 0 Å². The number of ether oxygens (including phenoxy) is 1. The van der Waals surface area contributed by atoms with Crippen LogP contribution in [-0.4, -0.2) is 22.7 Å². The minimum absolute atomic E-state index is 0.101. The van der Waals surface area contributed by atoms with Crippen LogP contribution in [0.4, 0.5) is 0 Å². The van der Waals surface area contributed by atoms with E-state index in [0.29, 0.717) is 30.4 Å². The highest BCUT2D eigenvalue weighted by Gasteiger charge is 2.12. The molecule has 0 aliphatic carbocycles. The van der Waals surface area contributed by atoms with E-state index in [4.69, 9.17) is 14.3 Å². The highest BCUT2D eigenvalue weighted by atomic mass is 16.5. The van der Waals surface area contributed by atoms with Gasteiger partial charge in [-0.3, -0.25) is 4.79 Å². The molecule has 0 bridgehead atoms. The van der Waals surface area contributed by atoms with E-state index in [-0.39, 0.29) is 6.42 Å². The molecule has 0 atom stereocenters. The predicted octanol–water partition coefficient (Wildman–Crippen LogP) is 2.62. The summed E-state index contributed by atoms with van der Waals surface area (Å²) in [5.74, 6) is 1.07. The van der Waals surface area contributed by atoms with Gasteiger partial charge in [0, 0.05) is 6.42 Å². The lowest BCUT2D eigenvalue weighted by atomic mass is 10.3. The summed E-state index contributed by atoms with van der Waals surface area (Å²) in [5, 5.41) is 8.74. The van der Waals surface area contributed by atoms with E-state index < -0.39 is 5.97 Å². The van der Waals surface area contributed by atoms with Crippen LogP contribution in [0.2, 0.25) is 0 Å². The van der Waals surface area contributed by atoms with Gasteiger partial charge in [0.25, 0.3) is 0 Å². The van der Waals surface area contributed by atoms with Gasteiger partial charge in [-0.25, -0.2) is 4.98 Å².